The van der Waals surface area contributed by atoms with Gasteiger partial charge >= 0.3 is 5.97 Å². The molecule has 0 unspecified atom stereocenters. The molecule has 0 bridgehead atoms. The molecule has 1 aromatic carbocycles. The van der Waals surface area contributed by atoms with Gasteiger partial charge in [0.25, 0.3) is 0 Å². The second-order valence-electron chi connectivity index (χ2n) is 6.29. The van der Waals surface area contributed by atoms with Crippen molar-refractivity contribution >= 4 is 28.4 Å². The minimum atomic E-state index is -0.369. The van der Waals surface area contributed by atoms with Gasteiger partial charge in [0.15, 0.2) is 0 Å². The maximum atomic E-state index is 12.1. The Morgan fingerprint density at radius 2 is 2.04 bits per heavy atom. The first-order chi connectivity index (χ1) is 12.7. The van der Waals surface area contributed by atoms with E-state index in [1.807, 2.05) is 44.4 Å². The molecule has 1 saturated carbocycles. The van der Waals surface area contributed by atoms with E-state index in [4.69, 9.17) is 4.74 Å². The van der Waals surface area contributed by atoms with Gasteiger partial charge in [0.05, 0.1) is 7.11 Å². The molecule has 5 heteroatoms. The molecule has 2 heterocycles. The average molecular weight is 351 g/mol. The van der Waals surface area contributed by atoms with E-state index < -0.39 is 0 Å². The van der Waals surface area contributed by atoms with E-state index in [0.717, 1.165) is 22.2 Å². The van der Waals surface area contributed by atoms with Crippen LogP contribution in [0.5, 0.6) is 0 Å². The Labute approximate surface area is 153 Å². The van der Waals surface area contributed by atoms with Crippen molar-refractivity contribution in [3.05, 3.63) is 53.3 Å². The molecular weight excluding hydrogens is 326 g/mol. The standard InChI is InChI=1S/C19H19N3O2.C2H6/c1-11-9-20-17-6-5-14(8-15(11)17)22-18-16(19(23)24-2)7-13(10-21-18)12-3-4-12;1-2/h5-10,12,20H,3-4H2,1-2H3,(H,21,22);1-2H3. The number of hydrogen-bond donors (Lipinski definition) is 2. The number of nitrogens with one attached hydrogen (secondary N) is 2. The number of hydrogen-bond acceptors (Lipinski definition) is 4. The van der Waals surface area contributed by atoms with Gasteiger partial charge in [0, 0.05) is 29.0 Å². The fourth-order valence-electron chi connectivity index (χ4n) is 2.96. The maximum absolute atomic E-state index is 12.1. The summed E-state index contributed by atoms with van der Waals surface area (Å²) in [6, 6.07) is 7.94. The summed E-state index contributed by atoms with van der Waals surface area (Å²) in [5, 5.41) is 4.41. The molecule has 1 fully saturated rings. The number of esters is 1. The van der Waals surface area contributed by atoms with Gasteiger partial charge in [0.2, 0.25) is 0 Å². The van der Waals surface area contributed by atoms with Crippen LogP contribution in [0.1, 0.15) is 54.1 Å². The first-order valence-corrected chi connectivity index (χ1v) is 9.08. The summed E-state index contributed by atoms with van der Waals surface area (Å²) in [6.45, 7) is 6.06. The molecule has 4 rings (SSSR count). The van der Waals surface area contributed by atoms with E-state index in [0.29, 0.717) is 17.3 Å². The number of nitrogens with zero attached hydrogens (tertiary/aromatic N) is 1. The van der Waals surface area contributed by atoms with Crippen LogP contribution in [0.15, 0.2) is 36.7 Å². The minimum absolute atomic E-state index is 0.369. The third kappa shape index (κ3) is 3.57. The van der Waals surface area contributed by atoms with Gasteiger partial charge in [-0.05, 0) is 61.1 Å². The summed E-state index contributed by atoms with van der Waals surface area (Å²) in [5.41, 5.74) is 4.75. The van der Waals surface area contributed by atoms with E-state index in [9.17, 15) is 4.79 Å². The van der Waals surface area contributed by atoms with E-state index in [1.165, 1.54) is 25.5 Å². The first-order valence-electron chi connectivity index (χ1n) is 9.08. The van der Waals surface area contributed by atoms with Crippen LogP contribution in [0.3, 0.4) is 0 Å². The van der Waals surface area contributed by atoms with Crippen LogP contribution >= 0.6 is 0 Å². The molecule has 26 heavy (non-hydrogen) atoms. The van der Waals surface area contributed by atoms with Gasteiger partial charge in [-0.3, -0.25) is 0 Å². The number of fused-ring (bicyclic) bond motifs is 1. The average Bonchev–Trinajstić information content (AvgIpc) is 3.47. The van der Waals surface area contributed by atoms with Gasteiger partial charge in [-0.2, -0.15) is 0 Å². The highest BCUT2D eigenvalue weighted by Crippen LogP contribution is 2.40. The van der Waals surface area contributed by atoms with Crippen molar-refractivity contribution in [1.82, 2.24) is 9.97 Å². The Bertz CT molecular complexity index is 926. The molecule has 0 aliphatic heterocycles. The lowest BCUT2D eigenvalue weighted by atomic mass is 10.1. The molecular formula is C21H25N3O2. The van der Waals surface area contributed by atoms with Crippen molar-refractivity contribution in [2.75, 3.05) is 12.4 Å². The number of carbonyl (C=O) groups is 1. The summed E-state index contributed by atoms with van der Waals surface area (Å²) in [6.07, 6.45) is 6.17. The molecule has 3 aromatic rings. The van der Waals surface area contributed by atoms with E-state index in [-0.39, 0.29) is 5.97 Å². The third-order valence-corrected chi connectivity index (χ3v) is 4.51. The highest BCUT2D eigenvalue weighted by molar-refractivity contribution is 5.96. The smallest absolute Gasteiger partial charge is 0.341 e. The largest absolute Gasteiger partial charge is 0.465 e. The van der Waals surface area contributed by atoms with Gasteiger partial charge in [-0.15, -0.1) is 0 Å². The Morgan fingerprint density at radius 1 is 1.27 bits per heavy atom. The predicted octanol–water partition coefficient (Wildman–Crippen LogP) is 5.31. The number of aromatic amines is 1. The summed E-state index contributed by atoms with van der Waals surface area (Å²) in [4.78, 5) is 19.8. The van der Waals surface area contributed by atoms with Crippen molar-refractivity contribution in [3.63, 3.8) is 0 Å². The lowest BCUT2D eigenvalue weighted by Crippen LogP contribution is -2.08. The highest BCUT2D eigenvalue weighted by atomic mass is 16.5. The molecule has 136 valence electrons. The number of carbonyl (C=O) groups excluding carboxylic acids is 1. The number of rotatable bonds is 4. The lowest BCUT2D eigenvalue weighted by molar-refractivity contribution is 0.0601. The SMILES string of the molecule is CC.COC(=O)c1cc(C2CC2)cnc1Nc1ccc2[nH]cc(C)c2c1. The topological polar surface area (TPSA) is 67.0 Å². The van der Waals surface area contributed by atoms with Gasteiger partial charge in [-0.1, -0.05) is 13.8 Å². The molecule has 5 nitrogen and oxygen atoms in total. The molecule has 0 amide bonds. The van der Waals surface area contributed by atoms with Gasteiger partial charge in [-0.25, -0.2) is 9.78 Å². The number of benzene rings is 1. The number of aryl methyl sites for hydroxylation is 1. The molecule has 1 aliphatic rings. The van der Waals surface area contributed by atoms with E-state index in [1.54, 1.807) is 0 Å². The highest BCUT2D eigenvalue weighted by Gasteiger charge is 2.26. The van der Waals surface area contributed by atoms with E-state index >= 15 is 0 Å². The number of aromatic nitrogens is 2. The normalized spacial score (nSPS) is 13.1. The first kappa shape index (κ1) is 18.0. The maximum Gasteiger partial charge on any atom is 0.341 e. The summed E-state index contributed by atoms with van der Waals surface area (Å²) >= 11 is 0. The van der Waals surface area contributed by atoms with Crippen molar-refractivity contribution in [3.8, 4) is 0 Å². The number of H-pyrrole nitrogens is 1. The van der Waals surface area contributed by atoms with Crippen LogP contribution in [-0.2, 0) is 4.74 Å². The zero-order valence-corrected chi connectivity index (χ0v) is 15.7. The van der Waals surface area contributed by atoms with Gasteiger partial charge in [0.1, 0.15) is 11.4 Å². The summed E-state index contributed by atoms with van der Waals surface area (Å²) in [5.74, 6) is 0.694. The van der Waals surface area contributed by atoms with Crippen LogP contribution in [-0.4, -0.2) is 23.0 Å². The zero-order valence-electron chi connectivity index (χ0n) is 15.7. The third-order valence-electron chi connectivity index (χ3n) is 4.51. The van der Waals surface area contributed by atoms with Crippen LogP contribution in [0.4, 0.5) is 11.5 Å². The molecule has 0 spiro atoms. The molecule has 2 N–H and O–H groups in total. The minimum Gasteiger partial charge on any atom is -0.465 e. The van der Waals surface area contributed by atoms with E-state index in [2.05, 4.69) is 28.3 Å². The number of ether oxygens (including phenoxy) is 1. The van der Waals surface area contributed by atoms with Crippen molar-refractivity contribution in [2.45, 2.75) is 39.5 Å². The number of methoxy groups -OCH3 is 1. The second-order valence-corrected chi connectivity index (χ2v) is 6.29. The van der Waals surface area contributed by atoms with Crippen LogP contribution in [0, 0.1) is 6.92 Å². The molecule has 1 aliphatic carbocycles. The second kappa shape index (κ2) is 7.60. The summed E-state index contributed by atoms with van der Waals surface area (Å²) < 4.78 is 4.92. The van der Waals surface area contributed by atoms with Crippen LogP contribution < -0.4 is 5.32 Å². The fraction of sp³-hybridized carbons (Fsp3) is 0.333. The quantitative estimate of drug-likeness (QED) is 0.626. The molecule has 0 atom stereocenters. The van der Waals surface area contributed by atoms with Crippen molar-refractivity contribution in [2.24, 2.45) is 0 Å². The number of pyridine rings is 1. The molecule has 2 aromatic heterocycles. The lowest BCUT2D eigenvalue weighted by Gasteiger charge is -2.11. The Hall–Kier alpha value is -2.82. The molecule has 0 radical (unpaired) electrons. The zero-order chi connectivity index (χ0) is 18.7. The molecule has 0 saturated heterocycles. The van der Waals surface area contributed by atoms with Crippen molar-refractivity contribution < 1.29 is 9.53 Å². The summed E-state index contributed by atoms with van der Waals surface area (Å²) in [7, 11) is 1.39. The Kier molecular flexibility index (Phi) is 5.26. The van der Waals surface area contributed by atoms with Crippen molar-refractivity contribution in [1.29, 1.82) is 0 Å². The fourth-order valence-corrected chi connectivity index (χ4v) is 2.96. The number of anilines is 2. The van der Waals surface area contributed by atoms with Gasteiger partial charge < -0.3 is 15.0 Å². The monoisotopic (exact) mass is 351 g/mol. The Balaban J connectivity index is 0.000000948. The van der Waals surface area contributed by atoms with Crippen LogP contribution in [0.2, 0.25) is 0 Å². The predicted molar refractivity (Wildman–Crippen MR) is 105 cm³/mol. The van der Waals surface area contributed by atoms with Crippen LogP contribution in [0.25, 0.3) is 10.9 Å². The Morgan fingerprint density at radius 3 is 2.73 bits per heavy atom.